The van der Waals surface area contributed by atoms with Gasteiger partial charge < -0.3 is 5.11 Å². The first-order valence-corrected chi connectivity index (χ1v) is 12.4. The number of pyridine rings is 1. The fourth-order valence-electron chi connectivity index (χ4n) is 5.74. The summed E-state index contributed by atoms with van der Waals surface area (Å²) in [5.41, 5.74) is 5.16. The summed E-state index contributed by atoms with van der Waals surface area (Å²) in [4.78, 5) is 18.8. The van der Waals surface area contributed by atoms with Gasteiger partial charge in [-0.05, 0) is 77.9 Å². The van der Waals surface area contributed by atoms with E-state index in [1.54, 1.807) is 0 Å². The van der Waals surface area contributed by atoms with E-state index in [1.165, 1.54) is 55.1 Å². The number of fused-ring (bicyclic) bond motifs is 2. The monoisotopic (exact) mass is 450 g/mol. The Balaban J connectivity index is 1.38. The SMILES string of the molecule is O=C(O)CCc1cccc2c(-c3ncc(CN4CCC5(CC4)CC5)c4ccccc34)cccc12. The number of carboxylic acid groups (broad SMARTS) is 1. The van der Waals surface area contributed by atoms with Crippen molar-refractivity contribution in [1.29, 1.82) is 0 Å². The lowest BCUT2D eigenvalue weighted by atomic mass is 9.92. The van der Waals surface area contributed by atoms with E-state index in [4.69, 9.17) is 10.1 Å². The smallest absolute Gasteiger partial charge is 0.303 e. The van der Waals surface area contributed by atoms with Gasteiger partial charge in [-0.1, -0.05) is 60.7 Å². The number of hydrogen-bond donors (Lipinski definition) is 1. The summed E-state index contributed by atoms with van der Waals surface area (Å²) in [5.74, 6) is -0.766. The molecule has 0 amide bonds. The zero-order valence-electron chi connectivity index (χ0n) is 19.5. The molecule has 34 heavy (non-hydrogen) atoms. The maximum atomic E-state index is 11.1. The number of carbonyl (C=O) groups is 1. The summed E-state index contributed by atoms with van der Waals surface area (Å²) in [7, 11) is 0. The van der Waals surface area contributed by atoms with Crippen molar-refractivity contribution in [1.82, 2.24) is 9.88 Å². The van der Waals surface area contributed by atoms with Crippen LogP contribution >= 0.6 is 0 Å². The van der Waals surface area contributed by atoms with Crippen LogP contribution < -0.4 is 0 Å². The minimum absolute atomic E-state index is 0.136. The van der Waals surface area contributed by atoms with Gasteiger partial charge in [0, 0.05) is 30.1 Å². The van der Waals surface area contributed by atoms with Crippen molar-refractivity contribution >= 4 is 27.5 Å². The van der Waals surface area contributed by atoms with E-state index in [2.05, 4.69) is 59.6 Å². The standard InChI is InChI=1S/C30H30N2O2/c33-28(34)12-11-21-5-3-9-25-23(21)8-4-10-27(25)29-26-7-2-1-6-24(26)22(19-31-29)20-32-17-15-30(13-14-30)16-18-32/h1-10,19H,11-18,20H2,(H,33,34). The molecule has 4 aromatic rings. The predicted molar refractivity (Wildman–Crippen MR) is 137 cm³/mol. The molecule has 0 atom stereocenters. The molecule has 2 heterocycles. The summed E-state index contributed by atoms with van der Waals surface area (Å²) in [6.45, 7) is 3.34. The van der Waals surface area contributed by atoms with Gasteiger partial charge in [0.15, 0.2) is 0 Å². The molecule has 1 aliphatic carbocycles. The number of aliphatic carboxylic acids is 1. The minimum atomic E-state index is -0.766. The first-order valence-electron chi connectivity index (χ1n) is 12.4. The third kappa shape index (κ3) is 3.97. The molecule has 6 rings (SSSR count). The van der Waals surface area contributed by atoms with Crippen LogP contribution in [0.5, 0.6) is 0 Å². The van der Waals surface area contributed by atoms with E-state index in [0.29, 0.717) is 11.8 Å². The van der Waals surface area contributed by atoms with Gasteiger partial charge in [-0.15, -0.1) is 0 Å². The molecule has 2 fully saturated rings. The lowest BCUT2D eigenvalue weighted by Crippen LogP contribution is -2.34. The van der Waals surface area contributed by atoms with Crippen molar-refractivity contribution in [2.45, 2.75) is 45.1 Å². The lowest BCUT2D eigenvalue weighted by molar-refractivity contribution is -0.136. The van der Waals surface area contributed by atoms with E-state index in [0.717, 1.165) is 34.1 Å². The highest BCUT2D eigenvalue weighted by Crippen LogP contribution is 2.53. The number of aryl methyl sites for hydroxylation is 1. The largest absolute Gasteiger partial charge is 0.481 e. The molecule has 1 saturated heterocycles. The van der Waals surface area contributed by atoms with Crippen molar-refractivity contribution in [2.24, 2.45) is 5.41 Å². The van der Waals surface area contributed by atoms with Gasteiger partial charge in [0.2, 0.25) is 0 Å². The minimum Gasteiger partial charge on any atom is -0.481 e. The van der Waals surface area contributed by atoms with Crippen LogP contribution in [-0.2, 0) is 17.8 Å². The molecule has 4 heteroatoms. The number of piperidine rings is 1. The molecule has 2 aliphatic rings. The summed E-state index contributed by atoms with van der Waals surface area (Å²) in [5, 5.41) is 13.8. The highest BCUT2D eigenvalue weighted by Gasteiger charge is 2.44. The van der Waals surface area contributed by atoms with Crippen LogP contribution in [0.15, 0.2) is 66.9 Å². The van der Waals surface area contributed by atoms with E-state index in [1.807, 2.05) is 12.1 Å². The summed E-state index contributed by atoms with van der Waals surface area (Å²) < 4.78 is 0. The van der Waals surface area contributed by atoms with Crippen LogP contribution in [0.1, 0.15) is 43.2 Å². The van der Waals surface area contributed by atoms with Crippen molar-refractivity contribution in [3.8, 4) is 11.3 Å². The van der Waals surface area contributed by atoms with Gasteiger partial charge in [0.1, 0.15) is 0 Å². The van der Waals surface area contributed by atoms with Crippen LogP contribution in [0.2, 0.25) is 0 Å². The quantitative estimate of drug-likeness (QED) is 0.367. The molecular weight excluding hydrogens is 420 g/mol. The number of hydrogen-bond acceptors (Lipinski definition) is 3. The summed E-state index contributed by atoms with van der Waals surface area (Å²) >= 11 is 0. The molecule has 4 nitrogen and oxygen atoms in total. The average molecular weight is 451 g/mol. The van der Waals surface area contributed by atoms with Gasteiger partial charge in [-0.3, -0.25) is 14.7 Å². The molecule has 0 radical (unpaired) electrons. The highest BCUT2D eigenvalue weighted by atomic mass is 16.4. The third-order valence-electron chi connectivity index (χ3n) is 8.02. The van der Waals surface area contributed by atoms with Gasteiger partial charge in [0.25, 0.3) is 0 Å². The molecular formula is C30H30N2O2. The molecule has 1 aliphatic heterocycles. The first-order chi connectivity index (χ1) is 16.6. The molecule has 172 valence electrons. The van der Waals surface area contributed by atoms with Crippen molar-refractivity contribution in [3.05, 3.63) is 78.0 Å². The Labute approximate surface area is 200 Å². The molecule has 3 aromatic carbocycles. The normalized spacial score (nSPS) is 17.4. The summed E-state index contributed by atoms with van der Waals surface area (Å²) in [6, 6.07) is 21.1. The maximum Gasteiger partial charge on any atom is 0.303 e. The fourth-order valence-corrected chi connectivity index (χ4v) is 5.74. The number of aromatic nitrogens is 1. The molecule has 0 bridgehead atoms. The first kappa shape index (κ1) is 21.3. The van der Waals surface area contributed by atoms with Crippen molar-refractivity contribution in [3.63, 3.8) is 0 Å². The van der Waals surface area contributed by atoms with Crippen LogP contribution in [0.4, 0.5) is 0 Å². The topological polar surface area (TPSA) is 53.4 Å². The molecule has 1 N–H and O–H groups in total. The second-order valence-corrected chi connectivity index (χ2v) is 10.2. The van der Waals surface area contributed by atoms with E-state index in [-0.39, 0.29) is 6.42 Å². The maximum absolute atomic E-state index is 11.1. The van der Waals surface area contributed by atoms with Gasteiger partial charge >= 0.3 is 5.97 Å². The van der Waals surface area contributed by atoms with Crippen molar-refractivity contribution in [2.75, 3.05) is 13.1 Å². The fraction of sp³-hybridized carbons (Fsp3) is 0.333. The van der Waals surface area contributed by atoms with E-state index < -0.39 is 5.97 Å². The molecule has 1 saturated carbocycles. The Bertz CT molecular complexity index is 1380. The molecule has 0 unspecified atom stereocenters. The Morgan fingerprint density at radius 1 is 0.824 bits per heavy atom. The Hall–Kier alpha value is -3.24. The summed E-state index contributed by atoms with van der Waals surface area (Å²) in [6.07, 6.45) is 8.29. The van der Waals surface area contributed by atoms with Crippen LogP contribution in [0, 0.1) is 5.41 Å². The number of rotatable bonds is 6. The lowest BCUT2D eigenvalue weighted by Gasteiger charge is -2.32. The Kier molecular flexibility index (Phi) is 5.34. The zero-order chi connectivity index (χ0) is 23.1. The van der Waals surface area contributed by atoms with E-state index >= 15 is 0 Å². The predicted octanol–water partition coefficient (Wildman–Crippen LogP) is 6.45. The second-order valence-electron chi connectivity index (χ2n) is 10.2. The second kappa shape index (κ2) is 8.52. The number of likely N-dealkylation sites (tertiary alicyclic amines) is 1. The zero-order valence-corrected chi connectivity index (χ0v) is 19.5. The molecule has 1 spiro atoms. The number of carboxylic acids is 1. The van der Waals surface area contributed by atoms with E-state index in [9.17, 15) is 4.79 Å². The number of benzene rings is 3. The highest BCUT2D eigenvalue weighted by molar-refractivity contribution is 6.05. The third-order valence-corrected chi connectivity index (χ3v) is 8.02. The van der Waals surface area contributed by atoms with Gasteiger partial charge in [-0.2, -0.15) is 0 Å². The van der Waals surface area contributed by atoms with Crippen LogP contribution in [0.25, 0.3) is 32.8 Å². The van der Waals surface area contributed by atoms with Crippen LogP contribution in [-0.4, -0.2) is 34.0 Å². The Morgan fingerprint density at radius 2 is 1.50 bits per heavy atom. The average Bonchev–Trinajstić information content (AvgIpc) is 3.63. The number of nitrogens with zero attached hydrogens (tertiary/aromatic N) is 2. The molecule has 1 aromatic heterocycles. The van der Waals surface area contributed by atoms with Crippen molar-refractivity contribution < 1.29 is 9.90 Å². The van der Waals surface area contributed by atoms with Crippen LogP contribution in [0.3, 0.4) is 0 Å². The Morgan fingerprint density at radius 3 is 2.26 bits per heavy atom. The van der Waals surface area contributed by atoms with Gasteiger partial charge in [-0.25, -0.2) is 0 Å². The van der Waals surface area contributed by atoms with Gasteiger partial charge in [0.05, 0.1) is 5.69 Å².